The molecule has 0 aromatic heterocycles. The van der Waals surface area contributed by atoms with Crippen LogP contribution in [0, 0.1) is 5.92 Å². The first-order valence-corrected chi connectivity index (χ1v) is 7.43. The maximum atomic E-state index is 11.3. The second-order valence-electron chi connectivity index (χ2n) is 5.55. The number of amides is 1. The fourth-order valence-electron chi connectivity index (χ4n) is 2.20. The molecular formula is C14H28N4O. The van der Waals surface area contributed by atoms with Crippen molar-refractivity contribution in [2.45, 2.75) is 58.4 Å². The highest BCUT2D eigenvalue weighted by atomic mass is 16.1. The van der Waals surface area contributed by atoms with Crippen LogP contribution in [0.1, 0.15) is 52.4 Å². The Kier molecular flexibility index (Phi) is 7.30. The molecule has 1 rings (SSSR count). The highest BCUT2D eigenvalue weighted by molar-refractivity contribution is 5.78. The number of hydrogen-bond acceptors (Lipinski definition) is 2. The largest absolute Gasteiger partial charge is 0.370 e. The van der Waals surface area contributed by atoms with Crippen molar-refractivity contribution in [3.63, 3.8) is 0 Å². The molecule has 1 saturated carbocycles. The monoisotopic (exact) mass is 268 g/mol. The molecule has 19 heavy (non-hydrogen) atoms. The van der Waals surface area contributed by atoms with Crippen LogP contribution in [0.25, 0.3) is 0 Å². The molecule has 0 radical (unpaired) electrons. The average molecular weight is 268 g/mol. The number of rotatable bonds is 6. The predicted octanol–water partition coefficient (Wildman–Crippen LogP) is 1.39. The molecule has 0 saturated heterocycles. The van der Waals surface area contributed by atoms with E-state index in [9.17, 15) is 4.79 Å². The van der Waals surface area contributed by atoms with Gasteiger partial charge in [-0.3, -0.25) is 9.79 Å². The number of nitrogens with zero attached hydrogens (tertiary/aromatic N) is 1. The number of carbonyl (C=O) groups is 1. The van der Waals surface area contributed by atoms with Crippen LogP contribution in [0.3, 0.4) is 0 Å². The van der Waals surface area contributed by atoms with Crippen LogP contribution in [-0.4, -0.2) is 31.0 Å². The van der Waals surface area contributed by atoms with E-state index in [1.807, 2.05) is 13.8 Å². The van der Waals surface area contributed by atoms with Gasteiger partial charge in [-0.2, -0.15) is 0 Å². The summed E-state index contributed by atoms with van der Waals surface area (Å²) in [6, 6.07) is 0.498. The first kappa shape index (κ1) is 15.8. The van der Waals surface area contributed by atoms with Gasteiger partial charge in [0.2, 0.25) is 5.91 Å². The van der Waals surface area contributed by atoms with Crippen molar-refractivity contribution in [3.05, 3.63) is 0 Å². The number of carbonyl (C=O) groups excluding carboxylic acids is 1. The first-order chi connectivity index (χ1) is 9.09. The molecule has 0 unspecified atom stereocenters. The van der Waals surface area contributed by atoms with Gasteiger partial charge in [0.15, 0.2) is 5.96 Å². The molecule has 5 nitrogen and oxygen atoms in total. The van der Waals surface area contributed by atoms with Gasteiger partial charge in [-0.15, -0.1) is 0 Å². The number of hydrogen-bond donors (Lipinski definition) is 3. The molecule has 5 heteroatoms. The Bertz CT molecular complexity index is 296. The van der Waals surface area contributed by atoms with Crippen molar-refractivity contribution in [3.8, 4) is 0 Å². The molecule has 0 aromatic carbocycles. The molecule has 110 valence electrons. The van der Waals surface area contributed by atoms with E-state index in [2.05, 4.69) is 15.6 Å². The number of guanidine groups is 1. The van der Waals surface area contributed by atoms with Crippen LogP contribution in [0.15, 0.2) is 4.99 Å². The fourth-order valence-corrected chi connectivity index (χ4v) is 2.20. The second kappa shape index (κ2) is 8.77. The summed E-state index contributed by atoms with van der Waals surface area (Å²) >= 11 is 0. The summed E-state index contributed by atoms with van der Waals surface area (Å²) in [4.78, 5) is 15.6. The van der Waals surface area contributed by atoms with Crippen molar-refractivity contribution in [2.75, 3.05) is 13.1 Å². The molecule has 0 bridgehead atoms. The molecular weight excluding hydrogens is 240 g/mol. The quantitative estimate of drug-likeness (QED) is 0.387. The molecule has 1 fully saturated rings. The highest BCUT2D eigenvalue weighted by Gasteiger charge is 2.13. The van der Waals surface area contributed by atoms with Gasteiger partial charge < -0.3 is 16.4 Å². The Morgan fingerprint density at radius 1 is 1.32 bits per heavy atom. The molecule has 0 heterocycles. The summed E-state index contributed by atoms with van der Waals surface area (Å²) in [5.74, 6) is 0.681. The second-order valence-corrected chi connectivity index (χ2v) is 5.55. The minimum Gasteiger partial charge on any atom is -0.370 e. The van der Waals surface area contributed by atoms with E-state index in [4.69, 9.17) is 5.73 Å². The molecule has 0 spiro atoms. The molecule has 0 atom stereocenters. The SMILES string of the molecule is CC(C)C(=O)NCCCN=C(N)NC1CCCCC1. The van der Waals surface area contributed by atoms with Gasteiger partial charge in [0.25, 0.3) is 0 Å². The third-order valence-corrected chi connectivity index (χ3v) is 3.40. The lowest BCUT2D eigenvalue weighted by Gasteiger charge is -2.23. The Morgan fingerprint density at radius 3 is 2.63 bits per heavy atom. The molecule has 1 aliphatic rings. The lowest BCUT2D eigenvalue weighted by molar-refractivity contribution is -0.123. The van der Waals surface area contributed by atoms with E-state index in [1.165, 1.54) is 32.1 Å². The number of nitrogens with two attached hydrogens (primary N) is 1. The zero-order valence-electron chi connectivity index (χ0n) is 12.2. The summed E-state index contributed by atoms with van der Waals surface area (Å²) in [7, 11) is 0. The normalized spacial score (nSPS) is 17.5. The van der Waals surface area contributed by atoms with Gasteiger partial charge in [0.05, 0.1) is 0 Å². The summed E-state index contributed by atoms with van der Waals surface area (Å²) in [6.07, 6.45) is 7.12. The molecule has 0 aromatic rings. The van der Waals surface area contributed by atoms with Crippen LogP contribution in [0.4, 0.5) is 0 Å². The highest BCUT2D eigenvalue weighted by Crippen LogP contribution is 2.16. The molecule has 1 aliphatic carbocycles. The Hall–Kier alpha value is -1.26. The molecule has 4 N–H and O–H groups in total. The van der Waals surface area contributed by atoms with Gasteiger partial charge >= 0.3 is 0 Å². The van der Waals surface area contributed by atoms with E-state index >= 15 is 0 Å². The smallest absolute Gasteiger partial charge is 0.222 e. The number of nitrogens with one attached hydrogen (secondary N) is 2. The van der Waals surface area contributed by atoms with Crippen LogP contribution in [0.5, 0.6) is 0 Å². The summed E-state index contributed by atoms with van der Waals surface area (Å²) in [5, 5.41) is 6.14. The van der Waals surface area contributed by atoms with Crippen LogP contribution < -0.4 is 16.4 Å². The van der Waals surface area contributed by atoms with Gasteiger partial charge in [0.1, 0.15) is 0 Å². The minimum atomic E-state index is 0.0431. The zero-order chi connectivity index (χ0) is 14.1. The van der Waals surface area contributed by atoms with E-state index in [0.717, 1.165) is 6.42 Å². The van der Waals surface area contributed by atoms with Gasteiger partial charge in [-0.1, -0.05) is 33.1 Å². The fraction of sp³-hybridized carbons (Fsp3) is 0.857. The van der Waals surface area contributed by atoms with Crippen LogP contribution in [-0.2, 0) is 4.79 Å². The Morgan fingerprint density at radius 2 is 2.00 bits per heavy atom. The number of aliphatic imine (C=N–C) groups is 1. The van der Waals surface area contributed by atoms with E-state index in [1.54, 1.807) is 0 Å². The summed E-state index contributed by atoms with van der Waals surface area (Å²) < 4.78 is 0. The predicted molar refractivity (Wildman–Crippen MR) is 79.0 cm³/mol. The standard InChI is InChI=1S/C14H28N4O/c1-11(2)13(19)16-9-6-10-17-14(15)18-12-7-4-3-5-8-12/h11-12H,3-10H2,1-2H3,(H,16,19)(H3,15,17,18). The third kappa shape index (κ3) is 7.03. The Labute approximate surface area is 116 Å². The third-order valence-electron chi connectivity index (χ3n) is 3.40. The van der Waals surface area contributed by atoms with Crippen molar-refractivity contribution in [1.29, 1.82) is 0 Å². The van der Waals surface area contributed by atoms with Crippen LogP contribution in [0.2, 0.25) is 0 Å². The lowest BCUT2D eigenvalue weighted by atomic mass is 9.96. The van der Waals surface area contributed by atoms with Crippen molar-refractivity contribution in [1.82, 2.24) is 10.6 Å². The maximum absolute atomic E-state index is 11.3. The lowest BCUT2D eigenvalue weighted by Crippen LogP contribution is -2.41. The Balaban J connectivity index is 2.09. The molecule has 0 aliphatic heterocycles. The minimum absolute atomic E-state index is 0.0431. The van der Waals surface area contributed by atoms with Gasteiger partial charge in [0, 0.05) is 25.0 Å². The first-order valence-electron chi connectivity index (χ1n) is 7.43. The van der Waals surface area contributed by atoms with Gasteiger partial charge in [-0.05, 0) is 19.3 Å². The van der Waals surface area contributed by atoms with Crippen molar-refractivity contribution in [2.24, 2.45) is 16.6 Å². The maximum Gasteiger partial charge on any atom is 0.222 e. The summed E-state index contributed by atoms with van der Waals surface area (Å²) in [5.41, 5.74) is 5.85. The summed E-state index contributed by atoms with van der Waals surface area (Å²) in [6.45, 7) is 5.10. The molecule has 1 amide bonds. The van der Waals surface area contributed by atoms with Gasteiger partial charge in [-0.25, -0.2) is 0 Å². The topological polar surface area (TPSA) is 79.5 Å². The van der Waals surface area contributed by atoms with E-state index in [-0.39, 0.29) is 11.8 Å². The van der Waals surface area contributed by atoms with E-state index < -0.39 is 0 Å². The average Bonchev–Trinajstić information content (AvgIpc) is 2.39. The van der Waals surface area contributed by atoms with Crippen LogP contribution >= 0.6 is 0 Å². The van der Waals surface area contributed by atoms with Crippen molar-refractivity contribution >= 4 is 11.9 Å². The van der Waals surface area contributed by atoms with Crippen molar-refractivity contribution < 1.29 is 4.79 Å². The zero-order valence-corrected chi connectivity index (χ0v) is 12.2. The van der Waals surface area contributed by atoms with E-state index in [0.29, 0.717) is 25.1 Å².